The minimum Gasteiger partial charge on any atom is -0.465 e. The Morgan fingerprint density at radius 3 is 2.30 bits per heavy atom. The molecular formula is C21H20F3NO2. The van der Waals surface area contributed by atoms with Crippen LogP contribution in [0.2, 0.25) is 0 Å². The Bertz CT molecular complexity index is 969. The molecule has 0 aliphatic heterocycles. The molecule has 2 aromatic carbocycles. The number of halogens is 3. The molecule has 0 aliphatic rings. The van der Waals surface area contributed by atoms with Crippen LogP contribution >= 0.6 is 0 Å². The Labute approximate surface area is 155 Å². The van der Waals surface area contributed by atoms with Gasteiger partial charge in [0.05, 0.1) is 18.2 Å². The Morgan fingerprint density at radius 2 is 1.74 bits per heavy atom. The average molecular weight is 375 g/mol. The van der Waals surface area contributed by atoms with Gasteiger partial charge in [0, 0.05) is 29.1 Å². The minimum absolute atomic E-state index is 0.163. The molecule has 0 spiro atoms. The highest BCUT2D eigenvalue weighted by Gasteiger charge is 2.30. The molecule has 0 N–H and O–H groups in total. The molecular weight excluding hydrogens is 355 g/mol. The SMILES string of the molecule is COC(=O)c1ccc2c(c1)cc(Cc1ccc(C(F)(F)F)cc1)n2C(C)C. The molecule has 27 heavy (non-hydrogen) atoms. The normalized spacial score (nSPS) is 12.0. The predicted molar refractivity (Wildman–Crippen MR) is 97.9 cm³/mol. The van der Waals surface area contributed by atoms with E-state index >= 15 is 0 Å². The molecule has 6 heteroatoms. The fourth-order valence-corrected chi connectivity index (χ4v) is 3.30. The molecule has 0 bridgehead atoms. The zero-order chi connectivity index (χ0) is 19.8. The molecule has 0 saturated carbocycles. The van der Waals surface area contributed by atoms with Crippen molar-refractivity contribution in [1.82, 2.24) is 4.57 Å². The second-order valence-electron chi connectivity index (χ2n) is 6.74. The first-order valence-electron chi connectivity index (χ1n) is 8.59. The van der Waals surface area contributed by atoms with Gasteiger partial charge in [-0.25, -0.2) is 4.79 Å². The number of esters is 1. The number of rotatable bonds is 4. The molecule has 1 heterocycles. The summed E-state index contributed by atoms with van der Waals surface area (Å²) in [5, 5.41) is 0.897. The number of nitrogens with zero attached hydrogens (tertiary/aromatic N) is 1. The largest absolute Gasteiger partial charge is 0.465 e. The number of hydrogen-bond acceptors (Lipinski definition) is 2. The van der Waals surface area contributed by atoms with E-state index < -0.39 is 17.7 Å². The average Bonchev–Trinajstić information content (AvgIpc) is 2.97. The van der Waals surface area contributed by atoms with Gasteiger partial charge in [0.1, 0.15) is 0 Å². The van der Waals surface area contributed by atoms with E-state index in [4.69, 9.17) is 4.74 Å². The maximum Gasteiger partial charge on any atom is 0.416 e. The number of alkyl halides is 3. The summed E-state index contributed by atoms with van der Waals surface area (Å²) < 4.78 is 45.1. The Hall–Kier alpha value is -2.76. The van der Waals surface area contributed by atoms with Gasteiger partial charge in [-0.2, -0.15) is 13.2 Å². The number of carbonyl (C=O) groups excluding carboxylic acids is 1. The Kier molecular flexibility index (Phi) is 5.00. The van der Waals surface area contributed by atoms with Crippen LogP contribution in [-0.4, -0.2) is 17.6 Å². The van der Waals surface area contributed by atoms with Gasteiger partial charge in [0.2, 0.25) is 0 Å². The molecule has 1 aromatic heterocycles. The van der Waals surface area contributed by atoms with Crippen molar-refractivity contribution in [3.63, 3.8) is 0 Å². The molecule has 0 amide bonds. The second-order valence-corrected chi connectivity index (χ2v) is 6.74. The van der Waals surface area contributed by atoms with Crippen molar-refractivity contribution in [2.45, 2.75) is 32.5 Å². The zero-order valence-electron chi connectivity index (χ0n) is 15.3. The molecule has 3 aromatic rings. The van der Waals surface area contributed by atoms with Crippen LogP contribution in [0.25, 0.3) is 10.9 Å². The maximum absolute atomic E-state index is 12.7. The van der Waals surface area contributed by atoms with E-state index in [2.05, 4.69) is 4.57 Å². The van der Waals surface area contributed by atoms with Crippen molar-refractivity contribution in [2.75, 3.05) is 7.11 Å². The van der Waals surface area contributed by atoms with Gasteiger partial charge in [-0.05, 0) is 55.8 Å². The summed E-state index contributed by atoms with van der Waals surface area (Å²) in [6.07, 6.45) is -3.84. The molecule has 3 rings (SSSR count). The molecule has 0 radical (unpaired) electrons. The standard InChI is InChI=1S/C21H20F3NO2/c1-13(2)25-18(10-14-4-7-17(8-5-14)21(22,23)24)12-16-11-15(20(26)27-3)6-9-19(16)25/h4-9,11-13H,10H2,1-3H3. The maximum atomic E-state index is 12.7. The first-order valence-corrected chi connectivity index (χ1v) is 8.59. The number of benzene rings is 2. The van der Waals surface area contributed by atoms with Crippen molar-refractivity contribution in [2.24, 2.45) is 0 Å². The van der Waals surface area contributed by atoms with Crippen molar-refractivity contribution in [3.8, 4) is 0 Å². The molecule has 142 valence electrons. The lowest BCUT2D eigenvalue weighted by atomic mass is 10.1. The summed E-state index contributed by atoms with van der Waals surface area (Å²) in [5.41, 5.74) is 2.55. The van der Waals surface area contributed by atoms with Crippen LogP contribution in [0.1, 0.15) is 47.1 Å². The van der Waals surface area contributed by atoms with E-state index in [1.165, 1.54) is 19.2 Å². The Balaban J connectivity index is 2.00. The minimum atomic E-state index is -4.34. The summed E-state index contributed by atoms with van der Waals surface area (Å²) in [6.45, 7) is 4.09. The highest BCUT2D eigenvalue weighted by Crippen LogP contribution is 2.30. The smallest absolute Gasteiger partial charge is 0.416 e. The van der Waals surface area contributed by atoms with Gasteiger partial charge in [-0.15, -0.1) is 0 Å². The van der Waals surface area contributed by atoms with Crippen LogP contribution in [0, 0.1) is 0 Å². The quantitative estimate of drug-likeness (QED) is 0.554. The number of hydrogen-bond donors (Lipinski definition) is 0. The monoisotopic (exact) mass is 375 g/mol. The zero-order valence-corrected chi connectivity index (χ0v) is 15.3. The molecule has 0 atom stereocenters. The molecule has 0 saturated heterocycles. The lowest BCUT2D eigenvalue weighted by Crippen LogP contribution is -2.07. The lowest BCUT2D eigenvalue weighted by Gasteiger charge is -2.15. The summed E-state index contributed by atoms with van der Waals surface area (Å²) in [4.78, 5) is 11.8. The number of aromatic nitrogens is 1. The molecule has 0 fully saturated rings. The number of carbonyl (C=O) groups is 1. The van der Waals surface area contributed by atoms with Crippen LogP contribution in [0.5, 0.6) is 0 Å². The van der Waals surface area contributed by atoms with E-state index in [1.807, 2.05) is 26.0 Å². The molecule has 0 unspecified atom stereocenters. The van der Waals surface area contributed by atoms with Crippen LogP contribution in [0.4, 0.5) is 13.2 Å². The fraction of sp³-hybridized carbons (Fsp3) is 0.286. The van der Waals surface area contributed by atoms with E-state index in [-0.39, 0.29) is 6.04 Å². The highest BCUT2D eigenvalue weighted by atomic mass is 19.4. The summed E-state index contributed by atoms with van der Waals surface area (Å²) in [5.74, 6) is -0.404. The van der Waals surface area contributed by atoms with Gasteiger partial charge in [-0.1, -0.05) is 12.1 Å². The van der Waals surface area contributed by atoms with Crippen LogP contribution in [0.3, 0.4) is 0 Å². The second kappa shape index (κ2) is 7.10. The third-order valence-corrected chi connectivity index (χ3v) is 4.52. The first-order chi connectivity index (χ1) is 12.7. The van der Waals surface area contributed by atoms with Gasteiger partial charge in [0.15, 0.2) is 0 Å². The van der Waals surface area contributed by atoms with Crippen molar-refractivity contribution in [3.05, 3.63) is 70.9 Å². The fourth-order valence-electron chi connectivity index (χ4n) is 3.30. The third-order valence-electron chi connectivity index (χ3n) is 4.52. The van der Waals surface area contributed by atoms with Gasteiger partial charge in [-0.3, -0.25) is 0 Å². The van der Waals surface area contributed by atoms with Crippen molar-refractivity contribution in [1.29, 1.82) is 0 Å². The first kappa shape index (κ1) is 19.0. The topological polar surface area (TPSA) is 31.2 Å². The van der Waals surface area contributed by atoms with Crippen LogP contribution < -0.4 is 0 Å². The number of fused-ring (bicyclic) bond motifs is 1. The van der Waals surface area contributed by atoms with Gasteiger partial charge in [0.25, 0.3) is 0 Å². The highest BCUT2D eigenvalue weighted by molar-refractivity contribution is 5.95. The predicted octanol–water partition coefficient (Wildman–Crippen LogP) is 5.62. The lowest BCUT2D eigenvalue weighted by molar-refractivity contribution is -0.137. The Morgan fingerprint density at radius 1 is 1.07 bits per heavy atom. The summed E-state index contributed by atoms with van der Waals surface area (Å²) >= 11 is 0. The van der Waals surface area contributed by atoms with Crippen molar-refractivity contribution >= 4 is 16.9 Å². The van der Waals surface area contributed by atoms with Crippen LogP contribution in [-0.2, 0) is 17.3 Å². The van der Waals surface area contributed by atoms with E-state index in [0.29, 0.717) is 12.0 Å². The van der Waals surface area contributed by atoms with Crippen molar-refractivity contribution < 1.29 is 22.7 Å². The number of methoxy groups -OCH3 is 1. The molecule has 3 nitrogen and oxygen atoms in total. The van der Waals surface area contributed by atoms with Crippen LogP contribution in [0.15, 0.2) is 48.5 Å². The molecule has 0 aliphatic carbocycles. The summed E-state index contributed by atoms with van der Waals surface area (Å²) in [6, 6.07) is 12.7. The van der Waals surface area contributed by atoms with E-state index in [0.717, 1.165) is 34.3 Å². The van der Waals surface area contributed by atoms with E-state index in [1.54, 1.807) is 12.1 Å². The van der Waals surface area contributed by atoms with Gasteiger partial charge < -0.3 is 9.30 Å². The summed E-state index contributed by atoms with van der Waals surface area (Å²) in [7, 11) is 1.34. The number of ether oxygens (including phenoxy) is 1. The van der Waals surface area contributed by atoms with E-state index in [9.17, 15) is 18.0 Å². The third kappa shape index (κ3) is 3.84. The van der Waals surface area contributed by atoms with Gasteiger partial charge >= 0.3 is 12.1 Å².